The second-order valence-electron chi connectivity index (χ2n) is 9.11. The van der Waals surface area contributed by atoms with Crippen LogP contribution in [0, 0.1) is 0 Å². The number of fused-ring (bicyclic) bond motifs is 4. The first-order valence-electron chi connectivity index (χ1n) is 11.9. The van der Waals surface area contributed by atoms with E-state index in [0.29, 0.717) is 38.9 Å². The van der Waals surface area contributed by atoms with Crippen LogP contribution in [-0.4, -0.2) is 17.2 Å². The van der Waals surface area contributed by atoms with E-state index in [1.165, 1.54) is 6.20 Å². The first-order chi connectivity index (χ1) is 17.6. The Kier molecular flexibility index (Phi) is 4.30. The number of carbonyl (C=O) groups is 1. The zero-order valence-corrected chi connectivity index (χ0v) is 19.1. The second kappa shape index (κ2) is 7.46. The van der Waals surface area contributed by atoms with E-state index in [2.05, 4.69) is 0 Å². The number of rotatable bonds is 3. The van der Waals surface area contributed by atoms with Gasteiger partial charge in [0.15, 0.2) is 11.5 Å². The Hall–Kier alpha value is -4.58. The summed E-state index contributed by atoms with van der Waals surface area (Å²) in [6.45, 7) is -4.29. The van der Waals surface area contributed by atoms with Crippen molar-refractivity contribution in [1.82, 2.24) is 4.48 Å². The largest absolute Gasteiger partial charge is 0.737 e. The monoisotopic (exact) mass is 472 g/mol. The highest BCUT2D eigenvalue weighted by Crippen LogP contribution is 2.46. The zero-order chi connectivity index (χ0) is 24.4. The van der Waals surface area contributed by atoms with Crippen molar-refractivity contribution in [3.8, 4) is 22.5 Å². The smallest absolute Gasteiger partial charge is 0.389 e. The van der Waals surface area contributed by atoms with E-state index in [0.717, 1.165) is 19.7 Å². The molecule has 0 bridgehead atoms. The van der Waals surface area contributed by atoms with E-state index in [4.69, 9.17) is 0 Å². The highest BCUT2D eigenvalue weighted by atomic mass is 19.2. The highest BCUT2D eigenvalue weighted by Gasteiger charge is 2.51. The molecule has 0 spiro atoms. The Morgan fingerprint density at radius 3 is 2.22 bits per heavy atom. The highest BCUT2D eigenvalue weighted by molar-refractivity contribution is 6.59. The summed E-state index contributed by atoms with van der Waals surface area (Å²) in [5.41, 5.74) is 3.08. The van der Waals surface area contributed by atoms with Crippen LogP contribution in [0.3, 0.4) is 0 Å². The van der Waals surface area contributed by atoms with Gasteiger partial charge in [-0.15, -0.1) is 0 Å². The van der Waals surface area contributed by atoms with Gasteiger partial charge in [0.25, 0.3) is 0 Å². The third-order valence-electron chi connectivity index (χ3n) is 7.11. The van der Waals surface area contributed by atoms with E-state index < -0.39 is 6.97 Å². The lowest BCUT2D eigenvalue weighted by Crippen LogP contribution is -2.66. The summed E-state index contributed by atoms with van der Waals surface area (Å²) in [5.74, 6) is -0.275. The van der Waals surface area contributed by atoms with Crippen LogP contribution >= 0.6 is 0 Å². The normalized spacial score (nSPS) is 13.6. The molecule has 0 N–H and O–H groups in total. The van der Waals surface area contributed by atoms with Crippen molar-refractivity contribution in [1.29, 1.82) is 0 Å². The number of halogens is 2. The first-order valence-corrected chi connectivity index (χ1v) is 11.9. The van der Waals surface area contributed by atoms with Crippen LogP contribution in [-0.2, 0) is 0 Å². The van der Waals surface area contributed by atoms with Crippen LogP contribution in [0.4, 0.5) is 8.63 Å². The van der Waals surface area contributed by atoms with Crippen LogP contribution in [0.5, 0.6) is 0 Å². The van der Waals surface area contributed by atoms with Gasteiger partial charge in [-0.2, -0.15) is 0 Å². The Labute approximate surface area is 205 Å². The maximum atomic E-state index is 16.6. The molecular weight excluding hydrogens is 453 g/mol. The molecule has 0 aliphatic carbocycles. The molecule has 0 radical (unpaired) electrons. The van der Waals surface area contributed by atoms with Gasteiger partial charge >= 0.3 is 6.97 Å². The Bertz CT molecular complexity index is 1830. The fourth-order valence-electron chi connectivity index (χ4n) is 5.61. The number of benzene rings is 4. The molecule has 0 amide bonds. The minimum atomic E-state index is -4.29. The van der Waals surface area contributed by atoms with Crippen LogP contribution in [0.25, 0.3) is 44.2 Å². The number of hydrogen-bond donors (Lipinski definition) is 0. The van der Waals surface area contributed by atoms with Crippen LogP contribution < -0.4 is 4.48 Å². The van der Waals surface area contributed by atoms with Crippen molar-refractivity contribution >= 4 is 34.4 Å². The molecule has 0 unspecified atom stereocenters. The van der Waals surface area contributed by atoms with Crippen molar-refractivity contribution in [2.45, 2.75) is 0 Å². The molecule has 172 valence electrons. The Morgan fingerprint density at radius 2 is 1.44 bits per heavy atom. The zero-order valence-electron chi connectivity index (χ0n) is 19.1. The van der Waals surface area contributed by atoms with Crippen LogP contribution in [0.15, 0.2) is 115 Å². The summed E-state index contributed by atoms with van der Waals surface area (Å²) < 4.78 is 35.3. The lowest BCUT2D eigenvalue weighted by molar-refractivity contribution is -0.557. The lowest BCUT2D eigenvalue weighted by Gasteiger charge is -2.30. The van der Waals surface area contributed by atoms with Crippen molar-refractivity contribution < 1.29 is 17.9 Å². The van der Waals surface area contributed by atoms with Crippen molar-refractivity contribution in [2.75, 3.05) is 0 Å². The molecule has 2 aromatic heterocycles. The minimum absolute atomic E-state index is 0.240. The molecule has 3 heterocycles. The minimum Gasteiger partial charge on any atom is -0.389 e. The molecular formula is C30H19BF2N2O. The molecule has 0 saturated carbocycles. The molecule has 4 aromatic carbocycles. The number of carbonyl (C=O) groups excluding carboxylic acids is 1. The quantitative estimate of drug-likeness (QED) is 0.207. The molecule has 0 atom stereocenters. The lowest BCUT2D eigenvalue weighted by atomic mass is 9.87. The van der Waals surface area contributed by atoms with Gasteiger partial charge in [0, 0.05) is 28.2 Å². The summed E-state index contributed by atoms with van der Waals surface area (Å²) >= 11 is 0. The number of nitrogens with zero attached hydrogens (tertiary/aromatic N) is 2. The molecule has 0 fully saturated rings. The van der Waals surface area contributed by atoms with Gasteiger partial charge in [-0.25, -0.2) is 0 Å². The fourth-order valence-corrected chi connectivity index (χ4v) is 5.61. The van der Waals surface area contributed by atoms with Crippen molar-refractivity contribution in [3.05, 3.63) is 127 Å². The average molecular weight is 472 g/mol. The van der Waals surface area contributed by atoms with E-state index in [-0.39, 0.29) is 11.5 Å². The van der Waals surface area contributed by atoms with Crippen molar-refractivity contribution in [3.63, 3.8) is 0 Å². The molecule has 0 saturated heterocycles. The second-order valence-corrected chi connectivity index (χ2v) is 9.11. The summed E-state index contributed by atoms with van der Waals surface area (Å²) in [5, 5.41) is 2.24. The van der Waals surface area contributed by atoms with Gasteiger partial charge in [-0.1, -0.05) is 91.0 Å². The van der Waals surface area contributed by atoms with Gasteiger partial charge < -0.3 is 17.6 Å². The fraction of sp³-hybridized carbons (Fsp3) is 0. The number of aromatic nitrogens is 2. The molecule has 3 nitrogen and oxygen atoms in total. The van der Waals surface area contributed by atoms with Crippen molar-refractivity contribution in [2.24, 2.45) is 0 Å². The molecule has 36 heavy (non-hydrogen) atoms. The summed E-state index contributed by atoms with van der Waals surface area (Å²) in [4.78, 5) is 14.2. The predicted molar refractivity (Wildman–Crippen MR) is 139 cm³/mol. The molecule has 1 aliphatic heterocycles. The van der Waals surface area contributed by atoms with Gasteiger partial charge in [0.05, 0.1) is 11.1 Å². The maximum Gasteiger partial charge on any atom is 0.737 e. The Balaban J connectivity index is 1.77. The third-order valence-corrected chi connectivity index (χ3v) is 7.11. The van der Waals surface area contributed by atoms with E-state index >= 15 is 8.63 Å². The average Bonchev–Trinajstić information content (AvgIpc) is 3.30. The SMILES string of the molecule is O=C(c1ccccc1)c1c(-c2ccccc2)n2c3c(cc4ccccc4c13)-c1cccc[n+]1[B-]2(F)F. The molecule has 6 aromatic rings. The van der Waals surface area contributed by atoms with Gasteiger partial charge in [0.1, 0.15) is 6.20 Å². The first kappa shape index (κ1) is 20.8. The number of hydrogen-bond acceptors (Lipinski definition) is 1. The molecule has 7 rings (SSSR count). The standard InChI is InChI=1S/C30H19BF2N2O/c32-31(33)34-18-10-9-17-25(34)24-19-22-15-7-8-16-23(22)26-27(30(36)21-13-5-2-6-14-21)28(35(31)29(24)26)20-11-3-1-4-12-20/h1-19H. The summed E-state index contributed by atoms with van der Waals surface area (Å²) in [6.07, 6.45) is 1.42. The Morgan fingerprint density at radius 1 is 0.778 bits per heavy atom. The van der Waals surface area contributed by atoms with E-state index in [1.54, 1.807) is 54.6 Å². The topological polar surface area (TPSA) is 25.9 Å². The summed E-state index contributed by atoms with van der Waals surface area (Å²) in [6, 6.07) is 32.7. The van der Waals surface area contributed by atoms with Crippen LogP contribution in [0.2, 0.25) is 0 Å². The third kappa shape index (κ3) is 2.72. The van der Waals surface area contributed by atoms with E-state index in [1.807, 2.05) is 54.6 Å². The van der Waals surface area contributed by atoms with Gasteiger partial charge in [0.2, 0.25) is 0 Å². The maximum absolute atomic E-state index is 16.6. The predicted octanol–water partition coefficient (Wildman–Crippen LogP) is 6.73. The molecule has 1 aliphatic rings. The van der Waals surface area contributed by atoms with Crippen LogP contribution in [0.1, 0.15) is 15.9 Å². The van der Waals surface area contributed by atoms with Gasteiger partial charge in [-0.05, 0) is 28.5 Å². The van der Waals surface area contributed by atoms with E-state index in [9.17, 15) is 4.79 Å². The number of ketones is 1. The summed E-state index contributed by atoms with van der Waals surface area (Å²) in [7, 11) is 0. The van der Waals surface area contributed by atoms with Gasteiger partial charge in [-0.3, -0.25) is 4.79 Å². The number of pyridine rings is 1. The molecule has 6 heteroatoms.